The first kappa shape index (κ1) is 11.8. The molecule has 0 saturated heterocycles. The van der Waals surface area contributed by atoms with Crippen LogP contribution in [-0.4, -0.2) is 23.3 Å². The van der Waals surface area contributed by atoms with Crippen molar-refractivity contribution in [1.29, 1.82) is 0 Å². The van der Waals surface area contributed by atoms with Crippen molar-refractivity contribution in [3.8, 4) is 0 Å². The van der Waals surface area contributed by atoms with Crippen LogP contribution in [0.4, 0.5) is 5.69 Å². The molecule has 0 fully saturated rings. The highest BCUT2D eigenvalue weighted by atomic mass is 32.2. The number of pyridine rings is 1. The molecule has 0 aliphatic heterocycles. The summed E-state index contributed by atoms with van der Waals surface area (Å²) in [5.74, 6) is -0.218. The van der Waals surface area contributed by atoms with Crippen molar-refractivity contribution in [1.82, 2.24) is 4.98 Å². The minimum atomic E-state index is -0.218. The van der Waals surface area contributed by atoms with Crippen LogP contribution in [-0.2, 0) is 9.53 Å². The lowest BCUT2D eigenvalue weighted by molar-refractivity contribution is -0.140. The number of rotatable bonds is 4. The third kappa shape index (κ3) is 3.79. The van der Waals surface area contributed by atoms with Gasteiger partial charge in [-0.15, -0.1) is 11.8 Å². The van der Waals surface area contributed by atoms with E-state index in [1.165, 1.54) is 18.9 Å². The summed E-state index contributed by atoms with van der Waals surface area (Å²) in [6.07, 6.45) is 2.04. The summed E-state index contributed by atoms with van der Waals surface area (Å²) in [7, 11) is 1.38. The number of thioether (sulfide) groups is 1. The van der Waals surface area contributed by atoms with Gasteiger partial charge in [-0.3, -0.25) is 4.79 Å². The fourth-order valence-electron chi connectivity index (χ4n) is 1.05. The highest BCUT2D eigenvalue weighted by Crippen LogP contribution is 2.27. The van der Waals surface area contributed by atoms with Crippen molar-refractivity contribution in [3.63, 3.8) is 0 Å². The van der Waals surface area contributed by atoms with E-state index < -0.39 is 0 Å². The van der Waals surface area contributed by atoms with E-state index in [-0.39, 0.29) is 11.2 Å². The van der Waals surface area contributed by atoms with Gasteiger partial charge in [-0.25, -0.2) is 4.98 Å². The second-order valence-corrected chi connectivity index (χ2v) is 4.53. The summed E-state index contributed by atoms with van der Waals surface area (Å²) >= 11 is 1.48. The molecule has 1 rings (SSSR count). The molecule has 0 amide bonds. The Morgan fingerprint density at radius 3 is 3.07 bits per heavy atom. The Balaban J connectivity index is 2.55. The van der Waals surface area contributed by atoms with Gasteiger partial charge in [0.2, 0.25) is 0 Å². The minimum Gasteiger partial charge on any atom is -0.469 e. The molecule has 0 aliphatic carbocycles. The maximum Gasteiger partial charge on any atom is 0.306 e. The summed E-state index contributed by atoms with van der Waals surface area (Å²) in [5.41, 5.74) is 6.37. The number of hydrogen-bond donors (Lipinski definition) is 1. The van der Waals surface area contributed by atoms with Crippen LogP contribution in [0.15, 0.2) is 23.4 Å². The number of carbonyl (C=O) groups is 1. The fourth-order valence-corrected chi connectivity index (χ4v) is 1.98. The number of nitrogens with zero attached hydrogens (tertiary/aromatic N) is 1. The number of carbonyl (C=O) groups excluding carboxylic acids is 1. The Hall–Kier alpha value is -1.23. The zero-order chi connectivity index (χ0) is 11.3. The predicted octanol–water partition coefficient (Wildman–Crippen LogP) is 1.71. The lowest BCUT2D eigenvalue weighted by atomic mass is 10.3. The Kier molecular flexibility index (Phi) is 4.42. The molecule has 0 aliphatic rings. The summed E-state index contributed by atoms with van der Waals surface area (Å²) < 4.78 is 4.58. The number of anilines is 1. The van der Waals surface area contributed by atoms with Crippen LogP contribution >= 0.6 is 11.8 Å². The highest BCUT2D eigenvalue weighted by Gasteiger charge is 2.12. The first-order valence-electron chi connectivity index (χ1n) is 4.57. The van der Waals surface area contributed by atoms with E-state index in [9.17, 15) is 4.79 Å². The van der Waals surface area contributed by atoms with Gasteiger partial charge in [-0.1, -0.05) is 6.92 Å². The maximum atomic E-state index is 11.0. The van der Waals surface area contributed by atoms with Gasteiger partial charge in [-0.2, -0.15) is 0 Å². The SMILES string of the molecule is COC(=O)CC(C)Sc1ncccc1N. The number of aromatic nitrogens is 1. The molecule has 82 valence electrons. The van der Waals surface area contributed by atoms with Gasteiger partial charge in [0.05, 0.1) is 19.2 Å². The zero-order valence-electron chi connectivity index (χ0n) is 8.77. The molecule has 0 spiro atoms. The average Bonchev–Trinajstić information content (AvgIpc) is 2.21. The van der Waals surface area contributed by atoms with E-state index in [0.717, 1.165) is 5.03 Å². The summed E-state index contributed by atoms with van der Waals surface area (Å²) in [5, 5.41) is 0.864. The molecule has 0 aromatic carbocycles. The topological polar surface area (TPSA) is 65.2 Å². The number of ether oxygens (including phenoxy) is 1. The van der Waals surface area contributed by atoms with Gasteiger partial charge < -0.3 is 10.5 Å². The van der Waals surface area contributed by atoms with Crippen molar-refractivity contribution < 1.29 is 9.53 Å². The van der Waals surface area contributed by atoms with Crippen molar-refractivity contribution in [2.24, 2.45) is 0 Å². The molecule has 15 heavy (non-hydrogen) atoms. The van der Waals surface area contributed by atoms with Gasteiger partial charge in [0.1, 0.15) is 5.03 Å². The van der Waals surface area contributed by atoms with Crippen LogP contribution in [0.3, 0.4) is 0 Å². The molecule has 5 heteroatoms. The Labute approximate surface area is 93.2 Å². The van der Waals surface area contributed by atoms with Gasteiger partial charge in [0.25, 0.3) is 0 Å². The largest absolute Gasteiger partial charge is 0.469 e. The van der Waals surface area contributed by atoms with E-state index in [2.05, 4.69) is 9.72 Å². The second kappa shape index (κ2) is 5.60. The van der Waals surface area contributed by atoms with Crippen molar-refractivity contribution in [2.75, 3.05) is 12.8 Å². The standard InChI is InChI=1S/C10H14N2O2S/c1-7(6-9(13)14-2)15-10-8(11)4-3-5-12-10/h3-5,7H,6,11H2,1-2H3. The number of hydrogen-bond acceptors (Lipinski definition) is 5. The summed E-state index contributed by atoms with van der Waals surface area (Å²) in [6, 6.07) is 3.57. The molecule has 1 aromatic heterocycles. The molecule has 1 heterocycles. The van der Waals surface area contributed by atoms with E-state index in [4.69, 9.17) is 5.73 Å². The lowest BCUT2D eigenvalue weighted by Gasteiger charge is -2.10. The van der Waals surface area contributed by atoms with E-state index in [1.807, 2.05) is 6.92 Å². The third-order valence-electron chi connectivity index (χ3n) is 1.80. The first-order valence-corrected chi connectivity index (χ1v) is 5.45. The van der Waals surface area contributed by atoms with Crippen LogP contribution in [0.5, 0.6) is 0 Å². The van der Waals surface area contributed by atoms with Crippen molar-refractivity contribution >= 4 is 23.4 Å². The summed E-state index contributed by atoms with van der Waals surface area (Å²) in [6.45, 7) is 1.94. The lowest BCUT2D eigenvalue weighted by Crippen LogP contribution is -2.09. The Morgan fingerprint density at radius 2 is 2.47 bits per heavy atom. The van der Waals surface area contributed by atoms with Gasteiger partial charge in [-0.05, 0) is 12.1 Å². The van der Waals surface area contributed by atoms with Gasteiger partial charge in [0, 0.05) is 11.4 Å². The molecule has 2 N–H and O–H groups in total. The van der Waals surface area contributed by atoms with E-state index in [1.54, 1.807) is 18.3 Å². The number of nitrogens with two attached hydrogens (primary N) is 1. The molecule has 1 unspecified atom stereocenters. The van der Waals surface area contributed by atoms with Crippen LogP contribution in [0.1, 0.15) is 13.3 Å². The monoisotopic (exact) mass is 226 g/mol. The van der Waals surface area contributed by atoms with Crippen molar-refractivity contribution in [3.05, 3.63) is 18.3 Å². The zero-order valence-corrected chi connectivity index (χ0v) is 9.58. The Bertz CT molecular complexity index is 344. The Morgan fingerprint density at radius 1 is 1.73 bits per heavy atom. The fraction of sp³-hybridized carbons (Fsp3) is 0.400. The first-order chi connectivity index (χ1) is 7.13. The van der Waals surface area contributed by atoms with Gasteiger partial charge >= 0.3 is 5.97 Å². The third-order valence-corrected chi connectivity index (χ3v) is 2.93. The second-order valence-electron chi connectivity index (χ2n) is 3.11. The molecule has 0 bridgehead atoms. The molecule has 1 atom stereocenters. The van der Waals surface area contributed by atoms with Crippen molar-refractivity contribution in [2.45, 2.75) is 23.6 Å². The average molecular weight is 226 g/mol. The predicted molar refractivity (Wildman–Crippen MR) is 60.6 cm³/mol. The smallest absolute Gasteiger partial charge is 0.306 e. The van der Waals surface area contributed by atoms with Crippen LogP contribution in [0, 0.1) is 0 Å². The number of methoxy groups -OCH3 is 1. The van der Waals surface area contributed by atoms with E-state index >= 15 is 0 Å². The molecule has 1 aromatic rings. The minimum absolute atomic E-state index is 0.106. The molecule has 4 nitrogen and oxygen atoms in total. The number of nitrogen functional groups attached to an aromatic ring is 1. The summed E-state index contributed by atoms with van der Waals surface area (Å²) in [4.78, 5) is 15.1. The maximum absolute atomic E-state index is 11.0. The molecule has 0 radical (unpaired) electrons. The van der Waals surface area contributed by atoms with E-state index in [0.29, 0.717) is 12.1 Å². The van der Waals surface area contributed by atoms with Gasteiger partial charge in [0.15, 0.2) is 0 Å². The van der Waals surface area contributed by atoms with Crippen LogP contribution in [0.2, 0.25) is 0 Å². The normalized spacial score (nSPS) is 12.1. The number of esters is 1. The molecular formula is C10H14N2O2S. The molecular weight excluding hydrogens is 212 g/mol. The molecule has 0 saturated carbocycles. The van der Waals surface area contributed by atoms with Crippen LogP contribution < -0.4 is 5.73 Å². The van der Waals surface area contributed by atoms with Crippen LogP contribution in [0.25, 0.3) is 0 Å². The highest BCUT2D eigenvalue weighted by molar-refractivity contribution is 8.00. The quantitative estimate of drug-likeness (QED) is 0.625.